The summed E-state index contributed by atoms with van der Waals surface area (Å²) in [4.78, 5) is 50.8. The maximum absolute atomic E-state index is 14.9. The highest BCUT2D eigenvalue weighted by molar-refractivity contribution is 6.23. The van der Waals surface area contributed by atoms with E-state index in [1.807, 2.05) is 20.8 Å². The summed E-state index contributed by atoms with van der Waals surface area (Å²) in [6, 6.07) is 5.03. The molecule has 2 aliphatic heterocycles. The zero-order valence-corrected chi connectivity index (χ0v) is 19.7. The number of hydrogen-bond donors (Lipinski definition) is 2. The number of imide groups is 1. The van der Waals surface area contributed by atoms with Crippen molar-refractivity contribution in [2.75, 3.05) is 25.4 Å². The smallest absolute Gasteiger partial charge is 0.410 e. The second-order valence-electron chi connectivity index (χ2n) is 9.58. The average molecular weight is 487 g/mol. The van der Waals surface area contributed by atoms with E-state index in [4.69, 9.17) is 15.2 Å². The maximum Gasteiger partial charge on any atom is 0.410 e. The molecule has 186 valence electrons. The molecule has 2 aliphatic rings. The Morgan fingerprint density at radius 2 is 1.86 bits per heavy atom. The third-order valence-corrected chi connectivity index (χ3v) is 5.87. The van der Waals surface area contributed by atoms with Gasteiger partial charge in [0.25, 0.3) is 17.4 Å². The van der Waals surface area contributed by atoms with Gasteiger partial charge in [0.1, 0.15) is 22.9 Å². The lowest BCUT2D eigenvalue weighted by atomic mass is 9.98. The number of amides is 3. The molecule has 1 saturated heterocycles. The zero-order chi connectivity index (χ0) is 25.5. The largest absolute Gasteiger partial charge is 0.491 e. The summed E-state index contributed by atoms with van der Waals surface area (Å²) in [6.07, 6.45) is 0.957. The fourth-order valence-electron chi connectivity index (χ4n) is 4.16. The van der Waals surface area contributed by atoms with Crippen LogP contribution in [0.2, 0.25) is 0 Å². The molecule has 1 aromatic carbocycles. The Morgan fingerprint density at radius 1 is 1.17 bits per heavy atom. The SMILES string of the molecule is CC(C)(C)OC(=O)N1CCC(COc2cccc(F)c2-n2c(N)c3c(cc2=O)C(=O)NC3=O)CC1. The summed E-state index contributed by atoms with van der Waals surface area (Å²) in [5, 5.41) is 2.08. The van der Waals surface area contributed by atoms with Gasteiger partial charge in [-0.05, 0) is 51.7 Å². The molecule has 0 atom stereocenters. The monoisotopic (exact) mass is 486 g/mol. The van der Waals surface area contributed by atoms with Crippen LogP contribution in [0.5, 0.6) is 5.75 Å². The van der Waals surface area contributed by atoms with Crippen molar-refractivity contribution >= 4 is 23.7 Å². The first-order valence-corrected chi connectivity index (χ1v) is 11.3. The van der Waals surface area contributed by atoms with Crippen molar-refractivity contribution in [1.29, 1.82) is 0 Å². The molecular formula is C24H27FN4O6. The molecule has 0 bridgehead atoms. The van der Waals surface area contributed by atoms with E-state index in [0.29, 0.717) is 25.9 Å². The van der Waals surface area contributed by atoms with Gasteiger partial charge in [-0.15, -0.1) is 0 Å². The van der Waals surface area contributed by atoms with Crippen molar-refractivity contribution in [1.82, 2.24) is 14.8 Å². The van der Waals surface area contributed by atoms with Gasteiger partial charge in [-0.1, -0.05) is 6.07 Å². The van der Waals surface area contributed by atoms with Crippen molar-refractivity contribution in [3.63, 3.8) is 0 Å². The predicted molar refractivity (Wildman–Crippen MR) is 124 cm³/mol. The van der Waals surface area contributed by atoms with Gasteiger partial charge in [0.15, 0.2) is 5.82 Å². The van der Waals surface area contributed by atoms with E-state index >= 15 is 0 Å². The molecule has 3 amide bonds. The summed E-state index contributed by atoms with van der Waals surface area (Å²) in [5.74, 6) is -2.46. The van der Waals surface area contributed by atoms with Crippen LogP contribution in [-0.2, 0) is 4.74 Å². The standard InChI is InChI=1S/C24H27FN4O6/c1-24(2,3)35-23(33)28-9-7-13(8-10-28)12-34-16-6-4-5-15(25)19(16)29-17(30)11-14-18(20(29)26)22(32)27-21(14)31/h4-6,11,13H,7-10,12,26H2,1-3H3,(H,27,31,32). The van der Waals surface area contributed by atoms with Crippen molar-refractivity contribution in [3.05, 3.63) is 51.6 Å². The first kappa shape index (κ1) is 24.2. The number of piperidine rings is 1. The number of carbonyl (C=O) groups is 3. The Hall–Kier alpha value is -3.89. The molecule has 3 N–H and O–H groups in total. The Labute approximate surface area is 200 Å². The first-order valence-electron chi connectivity index (χ1n) is 11.3. The zero-order valence-electron chi connectivity index (χ0n) is 19.7. The molecule has 1 aromatic heterocycles. The number of nitrogens with zero attached hydrogens (tertiary/aromatic N) is 2. The Bertz CT molecular complexity index is 1260. The van der Waals surface area contributed by atoms with Gasteiger partial charge in [0.05, 0.1) is 17.7 Å². The molecule has 1 fully saturated rings. The number of aromatic nitrogens is 1. The fraction of sp³-hybridized carbons (Fsp3) is 0.417. The number of nitrogen functional groups attached to an aromatic ring is 1. The summed E-state index contributed by atoms with van der Waals surface area (Å²) in [6.45, 7) is 6.65. The molecule has 4 rings (SSSR count). The number of pyridine rings is 1. The van der Waals surface area contributed by atoms with E-state index in [2.05, 4.69) is 5.32 Å². The van der Waals surface area contributed by atoms with Crippen LogP contribution in [0.3, 0.4) is 0 Å². The number of rotatable bonds is 4. The van der Waals surface area contributed by atoms with E-state index in [-0.39, 0.29) is 47.0 Å². The summed E-state index contributed by atoms with van der Waals surface area (Å²) < 4.78 is 27.1. The van der Waals surface area contributed by atoms with Gasteiger partial charge >= 0.3 is 6.09 Å². The summed E-state index contributed by atoms with van der Waals surface area (Å²) in [5.41, 5.74) is 4.15. The van der Waals surface area contributed by atoms with E-state index in [0.717, 1.165) is 16.7 Å². The molecule has 35 heavy (non-hydrogen) atoms. The second-order valence-corrected chi connectivity index (χ2v) is 9.58. The number of fused-ring (bicyclic) bond motifs is 1. The van der Waals surface area contributed by atoms with Gasteiger partial charge in [0.2, 0.25) is 0 Å². The minimum Gasteiger partial charge on any atom is -0.491 e. The number of nitrogens with two attached hydrogens (primary N) is 1. The van der Waals surface area contributed by atoms with Gasteiger partial charge in [-0.25, -0.2) is 9.18 Å². The highest BCUT2D eigenvalue weighted by atomic mass is 19.1. The van der Waals surface area contributed by atoms with Crippen LogP contribution in [-0.4, -0.2) is 52.7 Å². The van der Waals surface area contributed by atoms with Gasteiger partial charge in [-0.2, -0.15) is 0 Å². The van der Waals surface area contributed by atoms with Crippen LogP contribution < -0.4 is 21.3 Å². The molecule has 0 radical (unpaired) electrons. The van der Waals surface area contributed by atoms with Crippen LogP contribution in [0.1, 0.15) is 54.3 Å². The van der Waals surface area contributed by atoms with Crippen molar-refractivity contribution in [2.45, 2.75) is 39.2 Å². The quantitative estimate of drug-likeness (QED) is 0.634. The molecule has 0 spiro atoms. The van der Waals surface area contributed by atoms with Crippen LogP contribution >= 0.6 is 0 Å². The minimum absolute atomic E-state index is 0.0676. The van der Waals surface area contributed by atoms with Crippen molar-refractivity contribution in [2.24, 2.45) is 5.92 Å². The number of hydrogen-bond acceptors (Lipinski definition) is 7. The van der Waals surface area contributed by atoms with Gasteiger partial charge in [0, 0.05) is 19.2 Å². The fourth-order valence-corrected chi connectivity index (χ4v) is 4.16. The Morgan fingerprint density at radius 3 is 2.51 bits per heavy atom. The molecule has 0 aliphatic carbocycles. The van der Waals surface area contributed by atoms with Crippen LogP contribution in [0.25, 0.3) is 5.69 Å². The lowest BCUT2D eigenvalue weighted by molar-refractivity contribution is 0.0164. The number of ether oxygens (including phenoxy) is 2. The number of halogens is 1. The molecule has 2 aromatic rings. The lowest BCUT2D eigenvalue weighted by Crippen LogP contribution is -2.42. The van der Waals surface area contributed by atoms with Crippen molar-refractivity contribution < 1.29 is 28.2 Å². The molecule has 0 saturated carbocycles. The number of nitrogens with one attached hydrogen (secondary N) is 1. The highest BCUT2D eigenvalue weighted by Crippen LogP contribution is 2.31. The van der Waals surface area contributed by atoms with Crippen LogP contribution in [0.4, 0.5) is 15.0 Å². The number of para-hydroxylation sites is 1. The third-order valence-electron chi connectivity index (χ3n) is 5.87. The number of carbonyl (C=O) groups excluding carboxylic acids is 3. The molecule has 0 unspecified atom stereocenters. The normalized spacial score (nSPS) is 16.2. The van der Waals surface area contributed by atoms with Crippen molar-refractivity contribution in [3.8, 4) is 11.4 Å². The molecule has 11 heteroatoms. The predicted octanol–water partition coefficient (Wildman–Crippen LogP) is 2.47. The van der Waals surface area contributed by atoms with Gasteiger partial charge < -0.3 is 20.1 Å². The second kappa shape index (κ2) is 9.05. The topological polar surface area (TPSA) is 133 Å². The minimum atomic E-state index is -0.777. The number of anilines is 1. The van der Waals surface area contributed by atoms with E-state index in [1.165, 1.54) is 12.1 Å². The Balaban J connectivity index is 1.52. The third kappa shape index (κ3) is 4.84. The first-order chi connectivity index (χ1) is 16.5. The Kier molecular flexibility index (Phi) is 6.27. The highest BCUT2D eigenvalue weighted by Gasteiger charge is 2.33. The van der Waals surface area contributed by atoms with E-state index in [9.17, 15) is 23.6 Å². The summed E-state index contributed by atoms with van der Waals surface area (Å²) in [7, 11) is 0. The number of benzene rings is 1. The van der Waals surface area contributed by atoms with Crippen LogP contribution in [0, 0.1) is 11.7 Å². The molecule has 3 heterocycles. The summed E-state index contributed by atoms with van der Waals surface area (Å²) >= 11 is 0. The van der Waals surface area contributed by atoms with E-state index < -0.39 is 28.8 Å². The van der Waals surface area contributed by atoms with Crippen LogP contribution in [0.15, 0.2) is 29.1 Å². The van der Waals surface area contributed by atoms with Gasteiger partial charge in [-0.3, -0.25) is 24.3 Å². The average Bonchev–Trinajstić information content (AvgIpc) is 3.06. The maximum atomic E-state index is 14.9. The lowest BCUT2D eigenvalue weighted by Gasteiger charge is -2.33. The molecular weight excluding hydrogens is 459 g/mol. The molecule has 10 nitrogen and oxygen atoms in total. The van der Waals surface area contributed by atoms with E-state index in [1.54, 1.807) is 4.90 Å². The number of likely N-dealkylation sites (tertiary alicyclic amines) is 1.